The van der Waals surface area contributed by atoms with Gasteiger partial charge in [-0.3, -0.25) is 19.8 Å². The van der Waals surface area contributed by atoms with Crippen LogP contribution in [-0.2, 0) is 21.5 Å². The van der Waals surface area contributed by atoms with Crippen molar-refractivity contribution in [2.45, 2.75) is 18.1 Å². The van der Waals surface area contributed by atoms with E-state index in [9.17, 15) is 22.4 Å². The fourth-order valence-electron chi connectivity index (χ4n) is 2.62. The Morgan fingerprint density at radius 2 is 1.94 bits per heavy atom. The molecule has 172 valence electrons. The van der Waals surface area contributed by atoms with Crippen molar-refractivity contribution in [3.63, 3.8) is 0 Å². The van der Waals surface area contributed by atoms with Gasteiger partial charge in [0.05, 0.1) is 18.1 Å². The molecule has 1 aliphatic heterocycles. The molecule has 3 rings (SSSR count). The second kappa shape index (κ2) is 10.5. The summed E-state index contributed by atoms with van der Waals surface area (Å²) in [6.07, 6.45) is -2.23. The highest BCUT2D eigenvalue weighted by Gasteiger charge is 2.36. The Balaban J connectivity index is 0.000000451. The minimum absolute atomic E-state index is 0.0326. The van der Waals surface area contributed by atoms with Gasteiger partial charge in [-0.05, 0) is 29.8 Å². The lowest BCUT2D eigenvalue weighted by Crippen LogP contribution is -2.41. The quantitative estimate of drug-likeness (QED) is 0.511. The van der Waals surface area contributed by atoms with Crippen LogP contribution in [0.4, 0.5) is 17.6 Å². The molecule has 1 unspecified atom stereocenters. The van der Waals surface area contributed by atoms with Crippen LogP contribution in [0.2, 0.25) is 5.02 Å². The summed E-state index contributed by atoms with van der Waals surface area (Å²) in [4.78, 5) is 33.5. The van der Waals surface area contributed by atoms with Crippen molar-refractivity contribution in [3.05, 3.63) is 58.6 Å². The lowest BCUT2D eigenvalue weighted by atomic mass is 9.91. The topological polar surface area (TPSA) is 131 Å². The highest BCUT2D eigenvalue weighted by atomic mass is 35.5. The predicted molar refractivity (Wildman–Crippen MR) is 103 cm³/mol. The first-order valence-corrected chi connectivity index (χ1v) is 9.21. The first-order chi connectivity index (χ1) is 15.0. The Hall–Kier alpha value is -3.12. The maximum absolute atomic E-state index is 13.7. The third-order valence-electron chi connectivity index (χ3n) is 4.11. The van der Waals surface area contributed by atoms with E-state index < -0.39 is 24.4 Å². The first-order valence-electron chi connectivity index (χ1n) is 8.83. The monoisotopic (exact) mass is 475 g/mol. The number of hydrogen-bond acceptors (Lipinski definition) is 8. The van der Waals surface area contributed by atoms with Crippen LogP contribution < -0.4 is 10.8 Å². The van der Waals surface area contributed by atoms with Gasteiger partial charge in [0, 0.05) is 18.1 Å². The van der Waals surface area contributed by atoms with Gasteiger partial charge in [-0.2, -0.15) is 13.2 Å². The molecule has 0 saturated heterocycles. The summed E-state index contributed by atoms with van der Waals surface area (Å²) < 4.78 is 50.6. The van der Waals surface area contributed by atoms with Gasteiger partial charge in [0.1, 0.15) is 36.3 Å². The molecule has 0 fully saturated rings. The van der Waals surface area contributed by atoms with E-state index in [-0.39, 0.29) is 31.3 Å². The number of carbonyl (C=O) groups excluding carboxylic acids is 2. The molecule has 0 saturated carbocycles. The van der Waals surface area contributed by atoms with E-state index in [4.69, 9.17) is 32.0 Å². The molecular weight excluding hydrogens is 460 g/mol. The normalized spacial score (nSPS) is 18.2. The number of aromatic nitrogens is 2. The number of hydrogen-bond donors (Lipinski definition) is 1. The zero-order chi connectivity index (χ0) is 23.9. The predicted octanol–water partition coefficient (Wildman–Crippen LogP) is 1.41. The molecule has 2 aromatic heterocycles. The van der Waals surface area contributed by atoms with Crippen molar-refractivity contribution in [2.75, 3.05) is 19.9 Å². The number of carboxylic acids is 1. The molecule has 13 heteroatoms. The summed E-state index contributed by atoms with van der Waals surface area (Å²) in [5, 5.41) is 9.24. The number of amidine groups is 1. The van der Waals surface area contributed by atoms with Gasteiger partial charge < -0.3 is 20.4 Å². The molecule has 0 radical (unpaired) electrons. The average molecular weight is 476 g/mol. The van der Waals surface area contributed by atoms with Crippen LogP contribution in [0.25, 0.3) is 0 Å². The first kappa shape index (κ1) is 25.1. The molecule has 0 amide bonds. The van der Waals surface area contributed by atoms with Crippen molar-refractivity contribution in [1.29, 1.82) is 0 Å². The van der Waals surface area contributed by atoms with Gasteiger partial charge in [0.25, 0.3) is 0 Å². The van der Waals surface area contributed by atoms with Crippen LogP contribution in [0.1, 0.15) is 21.7 Å². The van der Waals surface area contributed by atoms with Gasteiger partial charge >= 0.3 is 6.18 Å². The maximum Gasteiger partial charge on any atom is 0.430 e. The Kier molecular flexibility index (Phi) is 8.22. The number of alkyl halides is 4. The van der Waals surface area contributed by atoms with E-state index in [1.54, 1.807) is 24.3 Å². The highest BCUT2D eigenvalue weighted by molar-refractivity contribution is 6.30. The molecule has 0 aliphatic carbocycles. The number of carboxylic acid groups (broad SMARTS) is 1. The fourth-order valence-corrected chi connectivity index (χ4v) is 2.73. The molecule has 0 bridgehead atoms. The van der Waals surface area contributed by atoms with Crippen LogP contribution in [0, 0.1) is 0 Å². The van der Waals surface area contributed by atoms with Crippen LogP contribution in [0.5, 0.6) is 0 Å². The molecule has 1 atom stereocenters. The average Bonchev–Trinajstić information content (AvgIpc) is 2.74. The number of Topliss-reactive ketones (excluding diaryl/α,β-unsaturated/α-hetero) is 1. The summed E-state index contributed by atoms with van der Waals surface area (Å²) in [5.74, 6) is -2.98. The Labute approximate surface area is 184 Å². The zero-order valence-electron chi connectivity index (χ0n) is 16.2. The number of ketones is 1. The van der Waals surface area contributed by atoms with Gasteiger partial charge in [-0.25, -0.2) is 4.39 Å². The number of nitrogens with zero attached hydrogens (tertiary/aromatic N) is 3. The number of aliphatic imine (C=N–C) groups is 1. The fraction of sp³-hybridized carbons (Fsp3) is 0.316. The van der Waals surface area contributed by atoms with E-state index >= 15 is 0 Å². The molecular formula is C19H16ClF4N4O4-. The van der Waals surface area contributed by atoms with Crippen molar-refractivity contribution >= 4 is 29.2 Å². The Morgan fingerprint density at radius 3 is 2.47 bits per heavy atom. The SMILES string of the molecule is NC1=NC(CF)(c2ccnc(CC(=O)c3ccc(Cl)cn3)c2)COC1.O=C([O-])C(F)(F)F. The number of pyridine rings is 2. The van der Waals surface area contributed by atoms with Gasteiger partial charge in [0.2, 0.25) is 0 Å². The van der Waals surface area contributed by atoms with E-state index in [0.717, 1.165) is 0 Å². The van der Waals surface area contributed by atoms with E-state index in [2.05, 4.69) is 15.0 Å². The summed E-state index contributed by atoms with van der Waals surface area (Å²) in [7, 11) is 0. The molecule has 2 aromatic rings. The summed E-state index contributed by atoms with van der Waals surface area (Å²) in [6, 6.07) is 6.45. The number of carbonyl (C=O) groups is 2. The molecule has 0 spiro atoms. The van der Waals surface area contributed by atoms with Crippen molar-refractivity contribution in [3.8, 4) is 0 Å². The number of aliphatic carboxylic acids is 1. The minimum atomic E-state index is -5.19. The van der Waals surface area contributed by atoms with E-state index in [0.29, 0.717) is 22.0 Å². The zero-order valence-corrected chi connectivity index (χ0v) is 17.0. The summed E-state index contributed by atoms with van der Waals surface area (Å²) in [5.41, 5.74) is 5.86. The van der Waals surface area contributed by atoms with Crippen molar-refractivity contribution in [2.24, 2.45) is 10.7 Å². The minimum Gasteiger partial charge on any atom is -0.542 e. The van der Waals surface area contributed by atoms with Gasteiger partial charge in [0.15, 0.2) is 5.78 Å². The Bertz CT molecular complexity index is 1000. The van der Waals surface area contributed by atoms with Crippen molar-refractivity contribution < 1.29 is 37.0 Å². The van der Waals surface area contributed by atoms with Crippen LogP contribution in [0.3, 0.4) is 0 Å². The van der Waals surface area contributed by atoms with E-state index in [1.807, 2.05) is 0 Å². The summed E-state index contributed by atoms with van der Waals surface area (Å²) >= 11 is 5.77. The third kappa shape index (κ3) is 6.69. The third-order valence-corrected chi connectivity index (χ3v) is 4.33. The molecule has 8 nitrogen and oxygen atoms in total. The number of ether oxygens (including phenoxy) is 1. The molecule has 32 heavy (non-hydrogen) atoms. The van der Waals surface area contributed by atoms with E-state index in [1.165, 1.54) is 12.4 Å². The smallest absolute Gasteiger partial charge is 0.430 e. The van der Waals surface area contributed by atoms with Crippen LogP contribution >= 0.6 is 11.6 Å². The van der Waals surface area contributed by atoms with Crippen LogP contribution in [-0.4, -0.2) is 53.6 Å². The second-order valence-electron chi connectivity index (χ2n) is 6.54. The Morgan fingerprint density at radius 1 is 1.25 bits per heavy atom. The van der Waals surface area contributed by atoms with Crippen LogP contribution in [0.15, 0.2) is 41.7 Å². The molecule has 0 aromatic carbocycles. The van der Waals surface area contributed by atoms with Gasteiger partial charge in [-0.15, -0.1) is 0 Å². The molecule has 2 N–H and O–H groups in total. The lowest BCUT2D eigenvalue weighted by molar-refractivity contribution is -0.344. The molecule has 1 aliphatic rings. The van der Waals surface area contributed by atoms with Gasteiger partial charge in [-0.1, -0.05) is 11.6 Å². The second-order valence-corrected chi connectivity index (χ2v) is 6.98. The van der Waals surface area contributed by atoms with Crippen molar-refractivity contribution in [1.82, 2.24) is 9.97 Å². The largest absolute Gasteiger partial charge is 0.542 e. The maximum atomic E-state index is 13.7. The number of nitrogens with two attached hydrogens (primary N) is 1. The standard InChI is InChI=1S/C17H16ClFN4O2.C2HF3O2/c18-12-1-2-14(22-7-12)15(24)6-13-5-11(3-4-21-13)17(9-19)10-25-8-16(20)23-17;3-2(4,5)1(6)7/h1-5,7H,6,8-10H2,(H2,20,23);(H,6,7)/p-1. The lowest BCUT2D eigenvalue weighted by Gasteiger charge is -2.31. The number of halogens is 5. The number of rotatable bonds is 5. The summed E-state index contributed by atoms with van der Waals surface area (Å²) in [6.45, 7) is -0.495. The molecule has 3 heterocycles. The highest BCUT2D eigenvalue weighted by Crippen LogP contribution is 2.30.